The topological polar surface area (TPSA) is 86.8 Å². The molecule has 0 unspecified atom stereocenters. The first-order valence-electron chi connectivity index (χ1n) is 13.3. The molecular weight excluding hydrogens is 569 g/mol. The first kappa shape index (κ1) is 31.5. The molecule has 214 valence electrons. The van der Waals surface area contributed by atoms with Crippen molar-refractivity contribution >= 4 is 50.7 Å². The molecule has 0 bridgehead atoms. The van der Waals surface area contributed by atoms with Crippen LogP contribution in [0.4, 0.5) is 5.69 Å². The van der Waals surface area contributed by atoms with E-state index in [0.29, 0.717) is 24.4 Å². The summed E-state index contributed by atoms with van der Waals surface area (Å²) in [6.45, 7) is 4.05. The first-order valence-corrected chi connectivity index (χ1v) is 15.5. The number of amides is 2. The van der Waals surface area contributed by atoms with Gasteiger partial charge in [0.25, 0.3) is 10.0 Å². The molecule has 40 heavy (non-hydrogen) atoms. The van der Waals surface area contributed by atoms with Crippen molar-refractivity contribution in [1.82, 2.24) is 10.2 Å². The molecule has 2 amide bonds. The van der Waals surface area contributed by atoms with Gasteiger partial charge in [-0.1, -0.05) is 92.0 Å². The van der Waals surface area contributed by atoms with Gasteiger partial charge in [0.1, 0.15) is 12.6 Å². The third-order valence-corrected chi connectivity index (χ3v) is 8.80. The highest BCUT2D eigenvalue weighted by atomic mass is 35.5. The molecule has 1 atom stereocenters. The second kappa shape index (κ2) is 15.1. The largest absolute Gasteiger partial charge is 0.354 e. The van der Waals surface area contributed by atoms with Gasteiger partial charge in [0.05, 0.1) is 15.6 Å². The second-order valence-electron chi connectivity index (χ2n) is 9.31. The lowest BCUT2D eigenvalue weighted by Crippen LogP contribution is -2.53. The van der Waals surface area contributed by atoms with E-state index in [2.05, 4.69) is 5.32 Å². The van der Waals surface area contributed by atoms with Crippen LogP contribution in [-0.2, 0) is 26.0 Å². The number of carbonyl (C=O) groups excluding carboxylic acids is 2. The molecule has 0 saturated heterocycles. The summed E-state index contributed by atoms with van der Waals surface area (Å²) in [6.07, 6.45) is 2.60. The van der Waals surface area contributed by atoms with Crippen molar-refractivity contribution < 1.29 is 18.0 Å². The highest BCUT2D eigenvalue weighted by molar-refractivity contribution is 7.92. The number of anilines is 1. The highest BCUT2D eigenvalue weighted by Crippen LogP contribution is 2.33. The van der Waals surface area contributed by atoms with Gasteiger partial charge in [-0.05, 0) is 55.2 Å². The van der Waals surface area contributed by atoms with E-state index in [1.165, 1.54) is 35.2 Å². The van der Waals surface area contributed by atoms with Gasteiger partial charge in [0.15, 0.2) is 0 Å². The fraction of sp³-hybridized carbons (Fsp3) is 0.333. The van der Waals surface area contributed by atoms with Crippen molar-refractivity contribution in [2.45, 2.75) is 50.5 Å². The van der Waals surface area contributed by atoms with Gasteiger partial charge >= 0.3 is 0 Å². The molecule has 0 heterocycles. The molecule has 1 N–H and O–H groups in total. The standard InChI is InChI=1S/C30H35Cl2N3O4S/c1-3-5-19-33-30(37)27(4-2)34(20-18-23-12-8-6-9-13-23)29(36)22-35(28-17-16-24(31)21-26(28)32)40(38,39)25-14-10-7-11-15-25/h6-17,21,27H,3-5,18-20,22H2,1-2H3,(H,33,37)/t27-/m0/s1. The summed E-state index contributed by atoms with van der Waals surface area (Å²) >= 11 is 12.5. The van der Waals surface area contributed by atoms with E-state index in [1.54, 1.807) is 18.2 Å². The summed E-state index contributed by atoms with van der Waals surface area (Å²) in [4.78, 5) is 28.7. The maximum absolute atomic E-state index is 14.0. The number of hydrogen-bond donors (Lipinski definition) is 1. The Morgan fingerprint density at radius 1 is 0.925 bits per heavy atom. The van der Waals surface area contributed by atoms with Crippen LogP contribution in [0.15, 0.2) is 83.8 Å². The summed E-state index contributed by atoms with van der Waals surface area (Å²) in [5, 5.41) is 3.34. The van der Waals surface area contributed by atoms with Crippen molar-refractivity contribution in [3.63, 3.8) is 0 Å². The Hall–Kier alpha value is -3.07. The van der Waals surface area contributed by atoms with E-state index in [1.807, 2.05) is 44.2 Å². The molecule has 0 spiro atoms. The Balaban J connectivity index is 2.00. The van der Waals surface area contributed by atoms with Gasteiger partial charge in [-0.15, -0.1) is 0 Å². The minimum absolute atomic E-state index is 0.00834. The summed E-state index contributed by atoms with van der Waals surface area (Å²) in [6, 6.07) is 21.1. The van der Waals surface area contributed by atoms with Crippen molar-refractivity contribution in [3.05, 3.63) is 94.5 Å². The van der Waals surface area contributed by atoms with Crippen molar-refractivity contribution in [2.24, 2.45) is 0 Å². The first-order chi connectivity index (χ1) is 19.2. The van der Waals surface area contributed by atoms with Crippen molar-refractivity contribution in [1.29, 1.82) is 0 Å². The summed E-state index contributed by atoms with van der Waals surface area (Å²) in [5.41, 5.74) is 1.11. The van der Waals surface area contributed by atoms with Crippen molar-refractivity contribution in [3.8, 4) is 0 Å². The van der Waals surface area contributed by atoms with E-state index < -0.39 is 28.5 Å². The zero-order valence-electron chi connectivity index (χ0n) is 22.7. The Bertz CT molecular complexity index is 1370. The number of nitrogens with zero attached hydrogens (tertiary/aromatic N) is 2. The van der Waals surface area contributed by atoms with Crippen LogP contribution in [0.25, 0.3) is 0 Å². The zero-order chi connectivity index (χ0) is 29.1. The van der Waals surface area contributed by atoms with Gasteiger partial charge in [0.2, 0.25) is 11.8 Å². The average molecular weight is 605 g/mol. The van der Waals surface area contributed by atoms with Crippen LogP contribution in [-0.4, -0.2) is 50.8 Å². The Kier molecular flexibility index (Phi) is 11.9. The van der Waals surface area contributed by atoms with Gasteiger partial charge in [-0.2, -0.15) is 0 Å². The highest BCUT2D eigenvalue weighted by Gasteiger charge is 2.34. The number of halogens is 2. The summed E-state index contributed by atoms with van der Waals surface area (Å²) < 4.78 is 28.7. The van der Waals surface area contributed by atoms with E-state index >= 15 is 0 Å². The van der Waals surface area contributed by atoms with Gasteiger partial charge in [0, 0.05) is 18.1 Å². The Morgan fingerprint density at radius 2 is 1.57 bits per heavy atom. The van der Waals surface area contributed by atoms with Crippen LogP contribution in [0.5, 0.6) is 0 Å². The average Bonchev–Trinajstić information content (AvgIpc) is 2.95. The lowest BCUT2D eigenvalue weighted by atomic mass is 10.1. The van der Waals surface area contributed by atoms with Crippen LogP contribution < -0.4 is 9.62 Å². The predicted octanol–water partition coefficient (Wildman–Crippen LogP) is 5.95. The molecule has 3 aromatic carbocycles. The third-order valence-electron chi connectivity index (χ3n) is 6.49. The monoisotopic (exact) mass is 603 g/mol. The number of unbranched alkanes of at least 4 members (excludes halogenated alkanes) is 1. The molecule has 0 aromatic heterocycles. The molecule has 0 aliphatic carbocycles. The molecule has 10 heteroatoms. The fourth-order valence-corrected chi connectivity index (χ4v) is 6.33. The minimum Gasteiger partial charge on any atom is -0.354 e. The predicted molar refractivity (Wildman–Crippen MR) is 161 cm³/mol. The van der Waals surface area contributed by atoms with Gasteiger partial charge in [-0.25, -0.2) is 8.42 Å². The van der Waals surface area contributed by atoms with E-state index in [0.717, 1.165) is 22.7 Å². The second-order valence-corrected chi connectivity index (χ2v) is 12.0. The zero-order valence-corrected chi connectivity index (χ0v) is 25.1. The van der Waals surface area contributed by atoms with Crippen LogP contribution >= 0.6 is 23.2 Å². The number of carbonyl (C=O) groups is 2. The molecule has 3 rings (SSSR count). The molecule has 0 radical (unpaired) electrons. The third kappa shape index (κ3) is 8.22. The van der Waals surface area contributed by atoms with Gasteiger partial charge in [-0.3, -0.25) is 13.9 Å². The normalized spacial score (nSPS) is 12.0. The fourth-order valence-electron chi connectivity index (χ4n) is 4.32. The summed E-state index contributed by atoms with van der Waals surface area (Å²) in [5.74, 6) is -0.779. The smallest absolute Gasteiger partial charge is 0.264 e. The van der Waals surface area contributed by atoms with Crippen LogP contribution in [0, 0.1) is 0 Å². The molecule has 7 nitrogen and oxygen atoms in total. The van der Waals surface area contributed by atoms with E-state index in [4.69, 9.17) is 23.2 Å². The maximum atomic E-state index is 14.0. The van der Waals surface area contributed by atoms with Crippen LogP contribution in [0.3, 0.4) is 0 Å². The maximum Gasteiger partial charge on any atom is 0.264 e. The Labute approximate surface area is 247 Å². The van der Waals surface area contributed by atoms with E-state index in [9.17, 15) is 18.0 Å². The molecule has 3 aromatic rings. The lowest BCUT2D eigenvalue weighted by molar-refractivity contribution is -0.139. The molecule has 0 aliphatic heterocycles. The SMILES string of the molecule is CCCCNC(=O)[C@H](CC)N(CCc1ccccc1)C(=O)CN(c1ccc(Cl)cc1Cl)S(=O)(=O)c1ccccc1. The van der Waals surface area contributed by atoms with Crippen molar-refractivity contribution in [2.75, 3.05) is 23.9 Å². The van der Waals surface area contributed by atoms with E-state index in [-0.39, 0.29) is 28.1 Å². The number of rotatable bonds is 14. The minimum atomic E-state index is -4.20. The van der Waals surface area contributed by atoms with Crippen LogP contribution in [0.1, 0.15) is 38.7 Å². The lowest BCUT2D eigenvalue weighted by Gasteiger charge is -2.33. The molecule has 0 fully saturated rings. The quantitative estimate of drug-likeness (QED) is 0.230. The number of sulfonamides is 1. The molecular formula is C30H35Cl2N3O4S. The number of hydrogen-bond acceptors (Lipinski definition) is 4. The number of benzene rings is 3. The Morgan fingerprint density at radius 3 is 2.17 bits per heavy atom. The number of nitrogens with one attached hydrogen (secondary N) is 1. The van der Waals surface area contributed by atoms with Crippen LogP contribution in [0.2, 0.25) is 10.0 Å². The van der Waals surface area contributed by atoms with Gasteiger partial charge < -0.3 is 10.2 Å². The molecule has 0 aliphatic rings. The summed E-state index contributed by atoms with van der Waals surface area (Å²) in [7, 11) is -4.20. The molecule has 0 saturated carbocycles.